The summed E-state index contributed by atoms with van der Waals surface area (Å²) in [5, 5.41) is 10.5. The first kappa shape index (κ1) is 17.7. The summed E-state index contributed by atoms with van der Waals surface area (Å²) in [7, 11) is 0. The van der Waals surface area contributed by atoms with Crippen LogP contribution in [0, 0.1) is 0 Å². The van der Waals surface area contributed by atoms with Gasteiger partial charge in [-0.1, -0.05) is 97.1 Å². The lowest BCUT2D eigenvalue weighted by atomic mass is 9.87. The molecule has 0 heteroatoms. The Kier molecular flexibility index (Phi) is 3.77. The summed E-state index contributed by atoms with van der Waals surface area (Å²) in [6.07, 6.45) is 6.87. The molecule has 0 nitrogen and oxygen atoms in total. The molecule has 32 heavy (non-hydrogen) atoms. The average Bonchev–Trinajstić information content (AvgIpc) is 2.85. The van der Waals surface area contributed by atoms with Crippen LogP contribution < -0.4 is 0 Å². The van der Waals surface area contributed by atoms with Crippen molar-refractivity contribution < 1.29 is 0 Å². The van der Waals surface area contributed by atoms with Gasteiger partial charge in [-0.15, -0.1) is 0 Å². The molecular weight excluding hydrogens is 384 g/mol. The van der Waals surface area contributed by atoms with E-state index in [4.69, 9.17) is 0 Å². The molecule has 0 fully saturated rings. The summed E-state index contributed by atoms with van der Waals surface area (Å²) in [6, 6.07) is 36.1. The molecule has 7 rings (SSSR count). The van der Waals surface area contributed by atoms with Crippen LogP contribution in [-0.2, 0) is 6.42 Å². The fraction of sp³-hybridized carbons (Fsp3) is 0.0625. The SMILES string of the molecule is C1=Cc2cc3c(ccc4c(-c5c6ccccc6cc6ccccc56)cccc43)cc2CC1. The quantitative estimate of drug-likeness (QED) is 0.189. The topological polar surface area (TPSA) is 0 Å². The maximum absolute atomic E-state index is 2.40. The van der Waals surface area contributed by atoms with Crippen molar-refractivity contribution in [2.24, 2.45) is 0 Å². The molecule has 0 bridgehead atoms. The summed E-state index contributed by atoms with van der Waals surface area (Å²) in [4.78, 5) is 0. The lowest BCUT2D eigenvalue weighted by Crippen LogP contribution is -1.94. The second-order valence-electron chi connectivity index (χ2n) is 8.87. The Labute approximate surface area is 187 Å². The van der Waals surface area contributed by atoms with Gasteiger partial charge in [0.1, 0.15) is 0 Å². The van der Waals surface area contributed by atoms with E-state index in [0.29, 0.717) is 0 Å². The third-order valence-corrected chi connectivity index (χ3v) is 7.06. The largest absolute Gasteiger partial charge is 0.0836 e. The highest BCUT2D eigenvalue weighted by molar-refractivity contribution is 6.20. The summed E-state index contributed by atoms with van der Waals surface area (Å²) in [5.74, 6) is 0. The first-order chi connectivity index (χ1) is 15.9. The minimum absolute atomic E-state index is 1.14. The highest BCUT2D eigenvalue weighted by atomic mass is 14.2. The zero-order valence-electron chi connectivity index (χ0n) is 17.8. The van der Waals surface area contributed by atoms with Gasteiger partial charge in [0.25, 0.3) is 0 Å². The van der Waals surface area contributed by atoms with Crippen molar-refractivity contribution in [1.82, 2.24) is 0 Å². The van der Waals surface area contributed by atoms with Crippen LogP contribution in [0.4, 0.5) is 0 Å². The fourth-order valence-corrected chi connectivity index (χ4v) is 5.55. The van der Waals surface area contributed by atoms with Gasteiger partial charge < -0.3 is 0 Å². The monoisotopic (exact) mass is 406 g/mol. The first-order valence-electron chi connectivity index (χ1n) is 11.4. The van der Waals surface area contributed by atoms with Gasteiger partial charge in [-0.3, -0.25) is 0 Å². The minimum atomic E-state index is 1.14. The van der Waals surface area contributed by atoms with Gasteiger partial charge in [0.15, 0.2) is 0 Å². The van der Waals surface area contributed by atoms with E-state index >= 15 is 0 Å². The lowest BCUT2D eigenvalue weighted by molar-refractivity contribution is 0.989. The van der Waals surface area contributed by atoms with E-state index in [1.165, 1.54) is 65.3 Å². The number of allylic oxidation sites excluding steroid dienone is 1. The highest BCUT2D eigenvalue weighted by Crippen LogP contribution is 2.41. The Morgan fingerprint density at radius 3 is 2.03 bits per heavy atom. The van der Waals surface area contributed by atoms with Crippen molar-refractivity contribution in [3.63, 3.8) is 0 Å². The molecular formula is C32H22. The van der Waals surface area contributed by atoms with Crippen LogP contribution in [0.2, 0.25) is 0 Å². The van der Waals surface area contributed by atoms with Gasteiger partial charge in [0.2, 0.25) is 0 Å². The number of hydrogen-bond acceptors (Lipinski definition) is 0. The Bertz CT molecular complexity index is 1660. The predicted octanol–water partition coefficient (Wildman–Crippen LogP) is 8.93. The molecule has 0 aromatic heterocycles. The standard InChI is InChI=1S/C32H22/c1-2-9-22-20-31-25(18-21(22)8-1)16-17-29-28(31)14-7-15-30(29)32-26-12-5-3-10-23(26)19-24-11-4-6-13-27(24)32/h2-7,9-20H,1,8H2. The molecule has 0 spiro atoms. The van der Waals surface area contributed by atoms with Crippen molar-refractivity contribution in [1.29, 1.82) is 0 Å². The molecule has 150 valence electrons. The molecule has 0 aliphatic heterocycles. The van der Waals surface area contributed by atoms with Crippen molar-refractivity contribution in [3.8, 4) is 11.1 Å². The Morgan fingerprint density at radius 1 is 0.500 bits per heavy atom. The van der Waals surface area contributed by atoms with E-state index in [0.717, 1.165) is 12.8 Å². The van der Waals surface area contributed by atoms with Gasteiger partial charge in [-0.25, -0.2) is 0 Å². The van der Waals surface area contributed by atoms with Gasteiger partial charge in [0, 0.05) is 0 Å². The Balaban J connectivity index is 1.62. The zero-order valence-corrected chi connectivity index (χ0v) is 17.8. The second kappa shape index (κ2) is 6.80. The smallest absolute Gasteiger partial charge is 0.00206 e. The molecule has 0 saturated carbocycles. The molecule has 0 unspecified atom stereocenters. The third kappa shape index (κ3) is 2.56. The molecule has 0 heterocycles. The summed E-state index contributed by atoms with van der Waals surface area (Å²) >= 11 is 0. The number of aryl methyl sites for hydroxylation is 1. The normalized spacial score (nSPS) is 13.2. The molecule has 0 amide bonds. The van der Waals surface area contributed by atoms with Crippen LogP contribution in [0.25, 0.3) is 60.3 Å². The van der Waals surface area contributed by atoms with Crippen LogP contribution >= 0.6 is 0 Å². The number of fused-ring (bicyclic) bond motifs is 6. The van der Waals surface area contributed by atoms with E-state index in [9.17, 15) is 0 Å². The van der Waals surface area contributed by atoms with E-state index in [2.05, 4.69) is 109 Å². The lowest BCUT2D eigenvalue weighted by Gasteiger charge is -2.17. The van der Waals surface area contributed by atoms with E-state index < -0.39 is 0 Å². The van der Waals surface area contributed by atoms with Gasteiger partial charge in [0.05, 0.1) is 0 Å². The summed E-state index contributed by atoms with van der Waals surface area (Å²) in [5.41, 5.74) is 5.49. The Hall–Kier alpha value is -3.90. The van der Waals surface area contributed by atoms with Gasteiger partial charge in [-0.2, -0.15) is 0 Å². The maximum atomic E-state index is 2.40. The molecule has 6 aromatic rings. The summed E-state index contributed by atoms with van der Waals surface area (Å²) < 4.78 is 0. The van der Waals surface area contributed by atoms with Crippen molar-refractivity contribution >= 4 is 49.2 Å². The second-order valence-corrected chi connectivity index (χ2v) is 8.87. The molecule has 1 aliphatic rings. The van der Waals surface area contributed by atoms with Crippen LogP contribution in [-0.4, -0.2) is 0 Å². The zero-order chi connectivity index (χ0) is 21.1. The van der Waals surface area contributed by atoms with Crippen LogP contribution in [0.15, 0.2) is 103 Å². The number of rotatable bonds is 1. The molecule has 0 N–H and O–H groups in total. The number of hydrogen-bond donors (Lipinski definition) is 0. The van der Waals surface area contributed by atoms with E-state index in [-0.39, 0.29) is 0 Å². The Morgan fingerprint density at radius 2 is 1.22 bits per heavy atom. The summed E-state index contributed by atoms with van der Waals surface area (Å²) in [6.45, 7) is 0. The average molecular weight is 407 g/mol. The molecule has 0 saturated heterocycles. The molecule has 1 aliphatic carbocycles. The maximum Gasteiger partial charge on any atom is -0.00206 e. The fourth-order valence-electron chi connectivity index (χ4n) is 5.55. The van der Waals surface area contributed by atoms with Crippen molar-refractivity contribution in [3.05, 3.63) is 114 Å². The van der Waals surface area contributed by atoms with E-state index in [1.54, 1.807) is 0 Å². The highest BCUT2D eigenvalue weighted by Gasteiger charge is 2.14. The van der Waals surface area contributed by atoms with Crippen molar-refractivity contribution in [2.45, 2.75) is 12.8 Å². The van der Waals surface area contributed by atoms with E-state index in [1.807, 2.05) is 0 Å². The van der Waals surface area contributed by atoms with Crippen LogP contribution in [0.1, 0.15) is 17.5 Å². The molecule has 0 atom stereocenters. The third-order valence-electron chi connectivity index (χ3n) is 7.06. The minimum Gasteiger partial charge on any atom is -0.0836 e. The predicted molar refractivity (Wildman–Crippen MR) is 139 cm³/mol. The molecule has 6 aromatic carbocycles. The van der Waals surface area contributed by atoms with Crippen molar-refractivity contribution in [2.75, 3.05) is 0 Å². The molecule has 0 radical (unpaired) electrons. The number of benzene rings is 6. The van der Waals surface area contributed by atoms with Crippen LogP contribution in [0.5, 0.6) is 0 Å². The first-order valence-corrected chi connectivity index (χ1v) is 11.4. The van der Waals surface area contributed by atoms with Gasteiger partial charge >= 0.3 is 0 Å². The van der Waals surface area contributed by atoms with Gasteiger partial charge in [-0.05, 0) is 90.3 Å². The van der Waals surface area contributed by atoms with Crippen LogP contribution in [0.3, 0.4) is 0 Å².